The molecular formula is C17H11F3N2O4. The zero-order chi connectivity index (χ0) is 19.1. The smallest absolute Gasteiger partial charge is 0.416 e. The van der Waals surface area contributed by atoms with E-state index in [4.69, 9.17) is 4.42 Å². The van der Waals surface area contributed by atoms with Crippen molar-refractivity contribution >= 4 is 29.6 Å². The molecule has 2 heterocycles. The van der Waals surface area contributed by atoms with Crippen molar-refractivity contribution in [3.63, 3.8) is 0 Å². The Balaban J connectivity index is 2.02. The molecule has 9 heteroatoms. The van der Waals surface area contributed by atoms with Crippen molar-refractivity contribution in [1.82, 2.24) is 5.32 Å². The summed E-state index contributed by atoms with van der Waals surface area (Å²) in [4.78, 5) is 37.0. The first kappa shape index (κ1) is 17.5. The molecule has 1 fully saturated rings. The van der Waals surface area contributed by atoms with Gasteiger partial charge < -0.3 is 4.42 Å². The van der Waals surface area contributed by atoms with Gasteiger partial charge in [0.15, 0.2) is 0 Å². The maximum absolute atomic E-state index is 12.9. The van der Waals surface area contributed by atoms with Crippen LogP contribution in [-0.4, -0.2) is 17.8 Å². The average Bonchev–Trinajstić information content (AvgIpc) is 2.96. The first-order chi connectivity index (χ1) is 12.2. The summed E-state index contributed by atoms with van der Waals surface area (Å²) < 4.78 is 43.9. The Bertz CT molecular complexity index is 943. The highest BCUT2D eigenvalue weighted by atomic mass is 19.4. The molecule has 26 heavy (non-hydrogen) atoms. The maximum Gasteiger partial charge on any atom is 0.416 e. The van der Waals surface area contributed by atoms with Crippen molar-refractivity contribution in [2.45, 2.75) is 13.1 Å². The van der Waals surface area contributed by atoms with E-state index < -0.39 is 35.2 Å². The molecule has 0 atom stereocenters. The van der Waals surface area contributed by atoms with Crippen LogP contribution in [0.2, 0.25) is 0 Å². The molecule has 1 aromatic carbocycles. The number of barbiturate groups is 1. The molecule has 0 spiro atoms. The number of nitrogens with zero attached hydrogens (tertiary/aromatic N) is 1. The van der Waals surface area contributed by atoms with Crippen molar-refractivity contribution in [3.05, 3.63) is 59.1 Å². The molecule has 0 bridgehead atoms. The largest absolute Gasteiger partial charge is 0.462 e. The number of furan rings is 1. The number of imide groups is 2. The lowest BCUT2D eigenvalue weighted by atomic mass is 10.1. The van der Waals surface area contributed by atoms with Crippen LogP contribution in [0.1, 0.15) is 17.1 Å². The summed E-state index contributed by atoms with van der Waals surface area (Å²) in [6.07, 6.45) is -3.52. The SMILES string of the molecule is Cc1ccc(C=C2C(=O)NC(=O)N(c3cccc(C(F)(F)F)c3)C2=O)o1. The number of hydrogen-bond donors (Lipinski definition) is 1. The van der Waals surface area contributed by atoms with E-state index in [0.717, 1.165) is 24.3 Å². The minimum Gasteiger partial charge on any atom is -0.462 e. The van der Waals surface area contributed by atoms with E-state index in [0.29, 0.717) is 16.7 Å². The number of urea groups is 1. The highest BCUT2D eigenvalue weighted by Crippen LogP contribution is 2.32. The zero-order valence-electron chi connectivity index (χ0n) is 13.3. The number of rotatable bonds is 2. The van der Waals surface area contributed by atoms with Crippen LogP contribution in [0.3, 0.4) is 0 Å². The molecule has 0 saturated carbocycles. The average molecular weight is 364 g/mol. The lowest BCUT2D eigenvalue weighted by Gasteiger charge is -2.26. The van der Waals surface area contributed by atoms with Crippen LogP contribution >= 0.6 is 0 Å². The van der Waals surface area contributed by atoms with Gasteiger partial charge in [-0.15, -0.1) is 0 Å². The number of hydrogen-bond acceptors (Lipinski definition) is 4. The fourth-order valence-electron chi connectivity index (χ4n) is 2.39. The molecule has 1 saturated heterocycles. The van der Waals surface area contributed by atoms with E-state index >= 15 is 0 Å². The van der Waals surface area contributed by atoms with Gasteiger partial charge in [-0.3, -0.25) is 14.9 Å². The number of nitrogens with one attached hydrogen (secondary N) is 1. The monoisotopic (exact) mass is 364 g/mol. The number of carbonyl (C=O) groups is 3. The third kappa shape index (κ3) is 3.23. The lowest BCUT2D eigenvalue weighted by molar-refractivity contribution is -0.137. The van der Waals surface area contributed by atoms with Crippen molar-refractivity contribution in [2.24, 2.45) is 0 Å². The van der Waals surface area contributed by atoms with Gasteiger partial charge in [-0.1, -0.05) is 6.07 Å². The number of halogens is 3. The van der Waals surface area contributed by atoms with E-state index in [-0.39, 0.29) is 11.4 Å². The summed E-state index contributed by atoms with van der Waals surface area (Å²) in [5, 5.41) is 1.93. The van der Waals surface area contributed by atoms with Gasteiger partial charge >= 0.3 is 12.2 Å². The van der Waals surface area contributed by atoms with Crippen molar-refractivity contribution < 1.29 is 32.0 Å². The Kier molecular flexibility index (Phi) is 4.15. The quantitative estimate of drug-likeness (QED) is 0.655. The highest BCUT2D eigenvalue weighted by molar-refractivity contribution is 6.39. The van der Waals surface area contributed by atoms with E-state index in [9.17, 15) is 27.6 Å². The molecular weight excluding hydrogens is 353 g/mol. The van der Waals surface area contributed by atoms with Crippen molar-refractivity contribution in [1.29, 1.82) is 0 Å². The maximum atomic E-state index is 12.9. The summed E-state index contributed by atoms with van der Waals surface area (Å²) in [6.45, 7) is 1.66. The fourth-order valence-corrected chi connectivity index (χ4v) is 2.39. The van der Waals surface area contributed by atoms with E-state index in [1.807, 2.05) is 5.32 Å². The predicted octanol–water partition coefficient (Wildman–Crippen LogP) is 3.27. The third-order valence-electron chi connectivity index (χ3n) is 3.58. The van der Waals surface area contributed by atoms with E-state index in [2.05, 4.69) is 0 Å². The second kappa shape index (κ2) is 6.17. The van der Waals surface area contributed by atoms with Gasteiger partial charge in [0.05, 0.1) is 11.3 Å². The van der Waals surface area contributed by atoms with Crippen molar-refractivity contribution in [3.8, 4) is 0 Å². The number of amides is 4. The molecule has 3 rings (SSSR count). The summed E-state index contributed by atoms with van der Waals surface area (Å²) in [7, 11) is 0. The zero-order valence-corrected chi connectivity index (χ0v) is 13.3. The van der Waals surface area contributed by atoms with Gasteiger partial charge in [0.1, 0.15) is 17.1 Å². The van der Waals surface area contributed by atoms with Gasteiger partial charge in [0.2, 0.25) is 0 Å². The fraction of sp³-hybridized carbons (Fsp3) is 0.118. The van der Waals surface area contributed by atoms with Crippen LogP contribution in [-0.2, 0) is 15.8 Å². The van der Waals surface area contributed by atoms with Gasteiger partial charge in [0, 0.05) is 0 Å². The minimum absolute atomic E-state index is 0.194. The Labute approximate surface area is 144 Å². The highest BCUT2D eigenvalue weighted by Gasteiger charge is 2.38. The van der Waals surface area contributed by atoms with Crippen LogP contribution in [0.25, 0.3) is 6.08 Å². The minimum atomic E-state index is -4.65. The predicted molar refractivity (Wildman–Crippen MR) is 83.9 cm³/mol. The topological polar surface area (TPSA) is 79.6 Å². The van der Waals surface area contributed by atoms with Crippen molar-refractivity contribution in [2.75, 3.05) is 4.90 Å². The molecule has 1 aliphatic rings. The molecule has 0 aliphatic carbocycles. The Morgan fingerprint density at radius 1 is 1.12 bits per heavy atom. The first-order valence-electron chi connectivity index (χ1n) is 7.32. The molecule has 0 unspecified atom stereocenters. The molecule has 2 aromatic rings. The number of benzene rings is 1. The van der Waals surface area contributed by atoms with E-state index in [1.54, 1.807) is 13.0 Å². The first-order valence-corrected chi connectivity index (χ1v) is 7.32. The molecule has 1 N–H and O–H groups in total. The van der Waals surface area contributed by atoms with Crippen LogP contribution in [0.4, 0.5) is 23.7 Å². The second-order valence-electron chi connectivity index (χ2n) is 5.45. The number of aryl methyl sites for hydroxylation is 1. The van der Waals surface area contributed by atoms with Gasteiger partial charge in [-0.05, 0) is 43.3 Å². The summed E-state index contributed by atoms with van der Waals surface area (Å²) in [5.74, 6) is -1.28. The van der Waals surface area contributed by atoms with E-state index in [1.165, 1.54) is 6.07 Å². The number of alkyl halides is 3. The number of carbonyl (C=O) groups excluding carboxylic acids is 3. The molecule has 6 nitrogen and oxygen atoms in total. The Hall–Kier alpha value is -3.36. The lowest BCUT2D eigenvalue weighted by Crippen LogP contribution is -2.54. The molecule has 1 aliphatic heterocycles. The Morgan fingerprint density at radius 3 is 2.46 bits per heavy atom. The van der Waals surface area contributed by atoms with Gasteiger partial charge in [0.25, 0.3) is 11.8 Å². The second-order valence-corrected chi connectivity index (χ2v) is 5.45. The van der Waals surface area contributed by atoms with Crippen LogP contribution in [0, 0.1) is 6.92 Å². The standard InChI is InChI=1S/C17H11F3N2O4/c1-9-5-6-12(26-9)8-13-14(23)21-16(25)22(15(13)24)11-4-2-3-10(7-11)17(18,19)20/h2-8H,1H3,(H,21,23,25). The number of anilines is 1. The van der Waals surface area contributed by atoms with Gasteiger partial charge in [-0.2, -0.15) is 13.2 Å². The Morgan fingerprint density at radius 2 is 1.85 bits per heavy atom. The molecule has 4 amide bonds. The normalized spacial score (nSPS) is 17.0. The van der Waals surface area contributed by atoms with Crippen LogP contribution < -0.4 is 10.2 Å². The third-order valence-corrected chi connectivity index (χ3v) is 3.58. The summed E-state index contributed by atoms with van der Waals surface area (Å²) >= 11 is 0. The molecule has 134 valence electrons. The van der Waals surface area contributed by atoms with Gasteiger partial charge in [-0.25, -0.2) is 9.69 Å². The van der Waals surface area contributed by atoms with Crippen LogP contribution in [0.5, 0.6) is 0 Å². The summed E-state index contributed by atoms with van der Waals surface area (Å²) in [5.41, 5.74) is -1.77. The summed E-state index contributed by atoms with van der Waals surface area (Å²) in [6, 6.07) is 5.67. The molecule has 0 radical (unpaired) electrons. The molecule has 1 aromatic heterocycles. The van der Waals surface area contributed by atoms with Crippen LogP contribution in [0.15, 0.2) is 46.4 Å².